The number of rotatable bonds is 8. The summed E-state index contributed by atoms with van der Waals surface area (Å²) >= 11 is 0. The first-order valence-corrected chi connectivity index (χ1v) is 10.6. The molecule has 4 aliphatic carbocycles. The number of hydrogen-bond acceptors (Lipinski definition) is 6. The third-order valence-corrected chi connectivity index (χ3v) is 6.75. The van der Waals surface area contributed by atoms with Crippen molar-refractivity contribution in [3.63, 3.8) is 0 Å². The highest BCUT2D eigenvalue weighted by atomic mass is 16.5. The zero-order valence-corrected chi connectivity index (χ0v) is 17.3. The van der Waals surface area contributed by atoms with Crippen LogP contribution >= 0.6 is 0 Å². The van der Waals surface area contributed by atoms with Crippen molar-refractivity contribution in [2.75, 3.05) is 27.4 Å². The van der Waals surface area contributed by atoms with Crippen LogP contribution in [-0.4, -0.2) is 54.8 Å². The summed E-state index contributed by atoms with van der Waals surface area (Å²) < 4.78 is 15.2. The molecule has 0 aromatic carbocycles. The predicted molar refractivity (Wildman–Crippen MR) is 104 cm³/mol. The van der Waals surface area contributed by atoms with Crippen LogP contribution in [0.1, 0.15) is 61.3 Å². The van der Waals surface area contributed by atoms with E-state index in [1.165, 1.54) is 32.6 Å². The van der Waals surface area contributed by atoms with Crippen LogP contribution in [0, 0.1) is 17.8 Å². The molecule has 0 atom stereocenters. The van der Waals surface area contributed by atoms with Gasteiger partial charge in [-0.25, -0.2) is 14.6 Å². The van der Waals surface area contributed by atoms with Crippen LogP contribution < -0.4 is 5.32 Å². The van der Waals surface area contributed by atoms with Gasteiger partial charge in [-0.3, -0.25) is 0 Å². The van der Waals surface area contributed by atoms with Crippen LogP contribution in [0.4, 0.5) is 4.79 Å². The molecule has 1 aromatic rings. The Labute approximate surface area is 171 Å². The van der Waals surface area contributed by atoms with Crippen LogP contribution in [0.25, 0.3) is 0 Å². The molecule has 0 saturated heterocycles. The molecule has 29 heavy (non-hydrogen) atoms. The van der Waals surface area contributed by atoms with E-state index >= 15 is 0 Å². The molecule has 4 saturated carbocycles. The number of aromatic nitrogens is 1. The summed E-state index contributed by atoms with van der Waals surface area (Å²) in [5.41, 5.74) is 0.0554. The number of urea groups is 1. The Hall–Kier alpha value is -2.09. The van der Waals surface area contributed by atoms with Gasteiger partial charge in [0, 0.05) is 25.8 Å². The minimum absolute atomic E-state index is 0.0564. The highest BCUT2D eigenvalue weighted by molar-refractivity contribution is 5.86. The van der Waals surface area contributed by atoms with Crippen molar-refractivity contribution in [3.05, 3.63) is 17.8 Å². The maximum Gasteiger partial charge on any atom is 0.360 e. The molecule has 5 rings (SSSR count). The molecule has 4 aliphatic rings. The molecule has 8 nitrogen and oxygen atoms in total. The summed E-state index contributed by atoms with van der Waals surface area (Å²) in [6, 6.07) is -0.0825. The maximum atomic E-state index is 13.2. The number of carbonyl (C=O) groups excluding carboxylic acids is 2. The van der Waals surface area contributed by atoms with Gasteiger partial charge in [0.2, 0.25) is 5.89 Å². The lowest BCUT2D eigenvalue weighted by atomic mass is 9.53. The van der Waals surface area contributed by atoms with Crippen LogP contribution in [0.15, 0.2) is 10.7 Å². The Kier molecular flexibility index (Phi) is 5.81. The second-order valence-corrected chi connectivity index (χ2v) is 9.01. The normalized spacial score (nSPS) is 29.7. The number of carbonyl (C=O) groups is 2. The fraction of sp³-hybridized carbons (Fsp3) is 0.762. The van der Waals surface area contributed by atoms with Crippen LogP contribution in [0.5, 0.6) is 0 Å². The summed E-state index contributed by atoms with van der Waals surface area (Å²) in [6.07, 6.45) is 9.28. The van der Waals surface area contributed by atoms with Gasteiger partial charge in [-0.1, -0.05) is 0 Å². The molecule has 0 unspecified atom stereocenters. The van der Waals surface area contributed by atoms with E-state index in [0.717, 1.165) is 43.4 Å². The fourth-order valence-corrected chi connectivity index (χ4v) is 5.97. The SMILES string of the molecule is COCCCN(Cc1nc(C(=O)OC)co1)C(=O)NC12CC3CC(CC(C3)C1)C2. The second-order valence-electron chi connectivity index (χ2n) is 9.01. The standard InChI is InChI=1S/C21H31N3O5/c1-27-5-3-4-24(12-18-22-17(13-29-18)19(25)28-2)20(26)23-21-9-14-6-15(10-21)8-16(7-14)11-21/h13-16H,3-12H2,1-2H3,(H,23,26). The minimum atomic E-state index is -0.552. The van der Waals surface area contributed by atoms with Crippen molar-refractivity contribution in [1.82, 2.24) is 15.2 Å². The van der Waals surface area contributed by atoms with E-state index in [1.54, 1.807) is 12.0 Å². The van der Waals surface area contributed by atoms with Gasteiger partial charge < -0.3 is 24.1 Å². The van der Waals surface area contributed by atoms with E-state index < -0.39 is 5.97 Å². The van der Waals surface area contributed by atoms with Crippen molar-refractivity contribution >= 4 is 12.0 Å². The number of nitrogens with zero attached hydrogens (tertiary/aromatic N) is 2. The average Bonchev–Trinajstić information content (AvgIpc) is 3.14. The molecule has 1 aromatic heterocycles. The third kappa shape index (κ3) is 4.42. The second kappa shape index (κ2) is 8.34. The van der Waals surface area contributed by atoms with E-state index in [1.807, 2.05) is 0 Å². The number of esters is 1. The van der Waals surface area contributed by atoms with E-state index in [4.69, 9.17) is 9.15 Å². The highest BCUT2D eigenvalue weighted by Gasteiger charge is 2.51. The lowest BCUT2D eigenvalue weighted by Crippen LogP contribution is -2.61. The third-order valence-electron chi connectivity index (χ3n) is 6.75. The summed E-state index contributed by atoms with van der Waals surface area (Å²) in [7, 11) is 2.95. The Morgan fingerprint density at radius 1 is 1.21 bits per heavy atom. The van der Waals surface area contributed by atoms with Crippen LogP contribution in [0.2, 0.25) is 0 Å². The molecule has 1 N–H and O–H groups in total. The zero-order chi connectivity index (χ0) is 20.4. The number of methoxy groups -OCH3 is 2. The predicted octanol–water partition coefficient (Wildman–Crippen LogP) is 2.98. The lowest BCUT2D eigenvalue weighted by Gasteiger charge is -2.57. The Balaban J connectivity index is 1.43. The summed E-state index contributed by atoms with van der Waals surface area (Å²) in [5, 5.41) is 3.40. The van der Waals surface area contributed by atoms with E-state index in [2.05, 4.69) is 15.0 Å². The Morgan fingerprint density at radius 3 is 2.45 bits per heavy atom. The van der Waals surface area contributed by atoms with Crippen molar-refractivity contribution in [1.29, 1.82) is 0 Å². The molecule has 4 bridgehead atoms. The molecule has 0 radical (unpaired) electrons. The quantitative estimate of drug-likeness (QED) is 0.528. The van der Waals surface area contributed by atoms with E-state index in [0.29, 0.717) is 19.0 Å². The van der Waals surface area contributed by atoms with Gasteiger partial charge in [0.25, 0.3) is 0 Å². The molecular formula is C21H31N3O5. The number of hydrogen-bond donors (Lipinski definition) is 1. The van der Waals surface area contributed by atoms with E-state index in [9.17, 15) is 9.59 Å². The Morgan fingerprint density at radius 2 is 1.86 bits per heavy atom. The largest absolute Gasteiger partial charge is 0.464 e. The first-order valence-electron chi connectivity index (χ1n) is 10.6. The number of amides is 2. The number of nitrogens with one attached hydrogen (secondary N) is 1. The van der Waals surface area contributed by atoms with Gasteiger partial charge in [0.05, 0.1) is 13.7 Å². The van der Waals surface area contributed by atoms with E-state index in [-0.39, 0.29) is 23.8 Å². The van der Waals surface area contributed by atoms with Gasteiger partial charge in [-0.05, 0) is 62.7 Å². The highest BCUT2D eigenvalue weighted by Crippen LogP contribution is 2.55. The summed E-state index contributed by atoms with van der Waals surface area (Å²) in [6.45, 7) is 1.31. The van der Waals surface area contributed by atoms with Gasteiger partial charge >= 0.3 is 12.0 Å². The number of oxazole rings is 1. The monoisotopic (exact) mass is 405 g/mol. The van der Waals surface area contributed by atoms with Gasteiger partial charge in [0.1, 0.15) is 6.26 Å². The van der Waals surface area contributed by atoms with Gasteiger partial charge in [-0.2, -0.15) is 0 Å². The minimum Gasteiger partial charge on any atom is -0.464 e. The zero-order valence-electron chi connectivity index (χ0n) is 17.3. The van der Waals surface area contributed by atoms with Crippen molar-refractivity contribution in [2.45, 2.75) is 57.0 Å². The first kappa shape index (κ1) is 20.2. The summed E-state index contributed by atoms with van der Waals surface area (Å²) in [5.74, 6) is 2.06. The molecule has 0 aliphatic heterocycles. The Bertz CT molecular complexity index is 711. The van der Waals surface area contributed by atoms with Crippen molar-refractivity contribution < 1.29 is 23.5 Å². The molecular weight excluding hydrogens is 374 g/mol. The maximum absolute atomic E-state index is 13.2. The molecule has 160 valence electrons. The fourth-order valence-electron chi connectivity index (χ4n) is 5.97. The molecule has 8 heteroatoms. The van der Waals surface area contributed by atoms with Crippen molar-refractivity contribution in [2.24, 2.45) is 17.8 Å². The smallest absolute Gasteiger partial charge is 0.360 e. The topological polar surface area (TPSA) is 93.9 Å². The first-order chi connectivity index (χ1) is 14.0. The molecule has 4 fully saturated rings. The molecule has 2 amide bonds. The lowest BCUT2D eigenvalue weighted by molar-refractivity contribution is -0.0160. The molecule has 0 spiro atoms. The summed E-state index contributed by atoms with van der Waals surface area (Å²) in [4.78, 5) is 30.7. The van der Waals surface area contributed by atoms with Crippen LogP contribution in [0.3, 0.4) is 0 Å². The average molecular weight is 405 g/mol. The molecule has 1 heterocycles. The number of ether oxygens (including phenoxy) is 2. The van der Waals surface area contributed by atoms with Gasteiger partial charge in [-0.15, -0.1) is 0 Å². The van der Waals surface area contributed by atoms with Crippen molar-refractivity contribution in [3.8, 4) is 0 Å². The van der Waals surface area contributed by atoms with Gasteiger partial charge in [0.15, 0.2) is 5.69 Å². The van der Waals surface area contributed by atoms with Crippen LogP contribution in [-0.2, 0) is 16.0 Å².